The van der Waals surface area contributed by atoms with E-state index in [0.717, 1.165) is 18.2 Å². The second-order valence-electron chi connectivity index (χ2n) is 6.76. The number of rotatable bonds is 5. The first-order valence-corrected chi connectivity index (χ1v) is 9.50. The van der Waals surface area contributed by atoms with Gasteiger partial charge in [-0.05, 0) is 54.5 Å². The summed E-state index contributed by atoms with van der Waals surface area (Å²) in [6.45, 7) is 1.01. The van der Waals surface area contributed by atoms with Crippen molar-refractivity contribution in [2.75, 3.05) is 6.54 Å². The summed E-state index contributed by atoms with van der Waals surface area (Å²) in [5.74, 6) is -1.82. The molecule has 6 nitrogen and oxygen atoms in total. The van der Waals surface area contributed by atoms with Crippen LogP contribution in [0.4, 0.5) is 13.2 Å². The summed E-state index contributed by atoms with van der Waals surface area (Å²) in [6.07, 6.45) is -3.98. The summed E-state index contributed by atoms with van der Waals surface area (Å²) in [7, 11) is 0. The number of alkyl halides is 3. The molecule has 2 aromatic rings. The number of hydroxylamine groups is 1. The van der Waals surface area contributed by atoms with Gasteiger partial charge >= 0.3 is 12.1 Å². The maximum atomic E-state index is 14.1. The van der Waals surface area contributed by atoms with E-state index in [1.165, 1.54) is 24.3 Å². The Kier molecular flexibility index (Phi) is 6.22. The Balaban J connectivity index is 1.99. The van der Waals surface area contributed by atoms with Gasteiger partial charge in [-0.25, -0.2) is 0 Å². The zero-order valence-electron chi connectivity index (χ0n) is 15.8. The van der Waals surface area contributed by atoms with Gasteiger partial charge in [0, 0.05) is 21.2 Å². The van der Waals surface area contributed by atoms with Crippen molar-refractivity contribution in [2.24, 2.45) is 0 Å². The van der Waals surface area contributed by atoms with Gasteiger partial charge in [0.1, 0.15) is 6.54 Å². The Morgan fingerprint density at radius 1 is 1.16 bits per heavy atom. The van der Waals surface area contributed by atoms with Gasteiger partial charge < -0.3 is 10.4 Å². The summed E-state index contributed by atoms with van der Waals surface area (Å²) in [6, 6.07) is 7.82. The number of carboxylic acid groups (broad SMARTS) is 1. The number of carbonyl (C=O) groups is 2. The third-order valence-electron chi connectivity index (χ3n) is 4.56. The smallest absolute Gasteiger partial charge is 0.428 e. The maximum absolute atomic E-state index is 14.1. The zero-order chi connectivity index (χ0) is 23.0. The number of amides is 1. The monoisotopic (exact) mass is 474 g/mol. The molecule has 1 atom stereocenters. The van der Waals surface area contributed by atoms with Crippen LogP contribution in [0.15, 0.2) is 42.5 Å². The van der Waals surface area contributed by atoms with Crippen LogP contribution in [0.25, 0.3) is 5.70 Å². The molecule has 0 radical (unpaired) electrons. The molecule has 0 spiro atoms. The molecule has 1 heterocycles. The number of nitrogens with one attached hydrogen (secondary N) is 2. The Labute approximate surface area is 184 Å². The van der Waals surface area contributed by atoms with Crippen LogP contribution in [0.3, 0.4) is 0 Å². The van der Waals surface area contributed by atoms with Crippen molar-refractivity contribution >= 4 is 40.8 Å². The SMILES string of the molecule is Cc1cc(C2=CC(c3cc(Cl)cc(Cl)c3)(C(F)(F)F)ON2)ccc1C(=O)NCC(=O)O. The normalized spacial score (nSPS) is 18.3. The standard InChI is InChI=1S/C20H15Cl2F3N2O4/c1-10-4-11(2-3-15(10)18(30)26-9-17(28)29)16-8-19(31-27-16,20(23,24)25)12-5-13(21)7-14(22)6-12/h2-8,27H,9H2,1H3,(H,26,30)(H,28,29). The van der Waals surface area contributed by atoms with Crippen molar-refractivity contribution in [2.45, 2.75) is 18.7 Å². The first-order valence-electron chi connectivity index (χ1n) is 8.74. The van der Waals surface area contributed by atoms with Crippen LogP contribution in [0.1, 0.15) is 27.0 Å². The largest absolute Gasteiger partial charge is 0.480 e. The lowest BCUT2D eigenvalue weighted by molar-refractivity contribution is -0.269. The van der Waals surface area contributed by atoms with Crippen LogP contribution < -0.4 is 10.8 Å². The van der Waals surface area contributed by atoms with Crippen molar-refractivity contribution in [1.82, 2.24) is 10.8 Å². The minimum absolute atomic E-state index is 0.0177. The Bertz CT molecular complexity index is 1070. The summed E-state index contributed by atoms with van der Waals surface area (Å²) < 4.78 is 42.2. The average molecular weight is 475 g/mol. The average Bonchev–Trinajstić information content (AvgIpc) is 3.12. The fourth-order valence-electron chi connectivity index (χ4n) is 3.09. The third-order valence-corrected chi connectivity index (χ3v) is 5.00. The van der Waals surface area contributed by atoms with Gasteiger partial charge in [0.2, 0.25) is 5.60 Å². The third kappa shape index (κ3) is 4.63. The number of carbonyl (C=O) groups excluding carboxylic acids is 1. The summed E-state index contributed by atoms with van der Waals surface area (Å²) in [5, 5.41) is 10.9. The first kappa shape index (κ1) is 22.9. The van der Waals surface area contributed by atoms with Crippen molar-refractivity contribution in [3.05, 3.63) is 74.8 Å². The van der Waals surface area contributed by atoms with E-state index in [1.807, 2.05) is 0 Å². The van der Waals surface area contributed by atoms with Gasteiger partial charge in [0.15, 0.2) is 0 Å². The van der Waals surface area contributed by atoms with E-state index in [2.05, 4.69) is 10.8 Å². The highest BCUT2D eigenvalue weighted by atomic mass is 35.5. The van der Waals surface area contributed by atoms with Crippen molar-refractivity contribution < 1.29 is 32.7 Å². The van der Waals surface area contributed by atoms with Crippen molar-refractivity contribution in [3.8, 4) is 0 Å². The fraction of sp³-hybridized carbons (Fsp3) is 0.200. The number of hydrogen-bond acceptors (Lipinski definition) is 4. The molecule has 1 amide bonds. The summed E-state index contributed by atoms with van der Waals surface area (Å²) in [5.41, 5.74) is 0.130. The van der Waals surface area contributed by atoms with Gasteiger partial charge in [0.25, 0.3) is 5.91 Å². The molecule has 0 fully saturated rings. The van der Waals surface area contributed by atoms with Crippen LogP contribution >= 0.6 is 23.2 Å². The predicted molar refractivity (Wildman–Crippen MR) is 108 cm³/mol. The van der Waals surface area contributed by atoms with E-state index in [0.29, 0.717) is 11.1 Å². The lowest BCUT2D eigenvalue weighted by Crippen LogP contribution is -2.42. The molecule has 3 N–H and O–H groups in total. The second-order valence-corrected chi connectivity index (χ2v) is 7.63. The molecular formula is C20H15Cl2F3N2O4. The molecule has 1 aliphatic rings. The Hall–Kier alpha value is -2.75. The van der Waals surface area contributed by atoms with E-state index in [-0.39, 0.29) is 26.9 Å². The summed E-state index contributed by atoms with van der Waals surface area (Å²) in [4.78, 5) is 27.7. The van der Waals surface area contributed by atoms with Gasteiger partial charge in [-0.15, -0.1) is 0 Å². The molecule has 0 aromatic heterocycles. The lowest BCUT2D eigenvalue weighted by Gasteiger charge is -2.28. The Morgan fingerprint density at radius 3 is 2.35 bits per heavy atom. The van der Waals surface area contributed by atoms with Crippen molar-refractivity contribution in [1.29, 1.82) is 0 Å². The van der Waals surface area contributed by atoms with E-state index < -0.39 is 30.2 Å². The van der Waals surface area contributed by atoms with Crippen LogP contribution in [-0.2, 0) is 15.2 Å². The molecule has 3 rings (SSSR count). The molecule has 0 bridgehead atoms. The molecule has 0 saturated carbocycles. The van der Waals surface area contributed by atoms with E-state index >= 15 is 0 Å². The molecule has 11 heteroatoms. The van der Waals surface area contributed by atoms with Crippen molar-refractivity contribution in [3.63, 3.8) is 0 Å². The fourth-order valence-corrected chi connectivity index (χ4v) is 3.62. The molecular weight excluding hydrogens is 460 g/mol. The number of benzene rings is 2. The minimum atomic E-state index is -4.85. The van der Waals surface area contributed by atoms with E-state index in [1.54, 1.807) is 6.92 Å². The molecule has 2 aromatic carbocycles. The molecule has 31 heavy (non-hydrogen) atoms. The second kappa shape index (κ2) is 8.41. The van der Waals surface area contributed by atoms with Gasteiger partial charge in [0.05, 0.1) is 5.70 Å². The predicted octanol–water partition coefficient (Wildman–Crippen LogP) is 4.45. The maximum Gasteiger partial charge on any atom is 0.428 e. The number of hydrogen-bond donors (Lipinski definition) is 3. The highest BCUT2D eigenvalue weighted by Crippen LogP contribution is 2.48. The number of halogens is 5. The number of aliphatic carboxylic acids is 1. The Morgan fingerprint density at radius 2 is 1.81 bits per heavy atom. The minimum Gasteiger partial charge on any atom is -0.480 e. The van der Waals surface area contributed by atoms with Gasteiger partial charge in [-0.1, -0.05) is 29.3 Å². The van der Waals surface area contributed by atoms with E-state index in [4.69, 9.17) is 33.1 Å². The zero-order valence-corrected chi connectivity index (χ0v) is 17.3. The summed E-state index contributed by atoms with van der Waals surface area (Å²) >= 11 is 11.8. The molecule has 164 valence electrons. The highest BCUT2D eigenvalue weighted by Gasteiger charge is 2.59. The van der Waals surface area contributed by atoms with Crippen LogP contribution in [0.5, 0.6) is 0 Å². The molecule has 0 saturated heterocycles. The molecule has 0 aliphatic carbocycles. The van der Waals surface area contributed by atoms with Crippen LogP contribution in [-0.4, -0.2) is 29.7 Å². The van der Waals surface area contributed by atoms with E-state index in [9.17, 15) is 22.8 Å². The quantitative estimate of drug-likeness (QED) is 0.595. The number of carboxylic acids is 1. The van der Waals surface area contributed by atoms with Crippen LogP contribution in [0, 0.1) is 6.92 Å². The van der Waals surface area contributed by atoms with Gasteiger partial charge in [-0.3, -0.25) is 19.9 Å². The first-order chi connectivity index (χ1) is 14.4. The molecule has 1 aliphatic heterocycles. The topological polar surface area (TPSA) is 87.7 Å². The van der Waals surface area contributed by atoms with Crippen LogP contribution in [0.2, 0.25) is 10.0 Å². The highest BCUT2D eigenvalue weighted by molar-refractivity contribution is 6.34. The molecule has 1 unspecified atom stereocenters. The van der Waals surface area contributed by atoms with Gasteiger partial charge in [-0.2, -0.15) is 13.2 Å². The number of aryl methyl sites for hydroxylation is 1. The lowest BCUT2D eigenvalue weighted by atomic mass is 9.91.